The Kier molecular flexibility index (Phi) is 5.98. The van der Waals surface area contributed by atoms with Crippen LogP contribution in [-0.2, 0) is 14.3 Å². The van der Waals surface area contributed by atoms with Crippen molar-refractivity contribution in [3.05, 3.63) is 24.3 Å². The Labute approximate surface area is 112 Å². The SMILES string of the molecule is CC[C@H](N)C(=O)Nc1ccc(NC(=O)COC)cc1. The molecule has 2 amide bonds. The number of nitrogens with one attached hydrogen (secondary N) is 2. The van der Waals surface area contributed by atoms with Crippen LogP contribution in [0.3, 0.4) is 0 Å². The molecule has 0 unspecified atom stereocenters. The molecule has 0 saturated heterocycles. The molecule has 0 fully saturated rings. The third-order valence-electron chi connectivity index (χ3n) is 2.49. The normalized spacial score (nSPS) is 11.7. The van der Waals surface area contributed by atoms with Gasteiger partial charge in [-0.2, -0.15) is 0 Å². The van der Waals surface area contributed by atoms with Crippen LogP contribution < -0.4 is 16.4 Å². The summed E-state index contributed by atoms with van der Waals surface area (Å²) in [5, 5.41) is 5.35. The number of anilines is 2. The molecule has 0 aromatic heterocycles. The monoisotopic (exact) mass is 265 g/mol. The van der Waals surface area contributed by atoms with Gasteiger partial charge in [-0.1, -0.05) is 6.92 Å². The van der Waals surface area contributed by atoms with E-state index in [1.807, 2.05) is 6.92 Å². The fourth-order valence-electron chi connectivity index (χ4n) is 1.39. The maximum absolute atomic E-state index is 11.6. The van der Waals surface area contributed by atoms with E-state index in [-0.39, 0.29) is 18.4 Å². The topological polar surface area (TPSA) is 93.5 Å². The summed E-state index contributed by atoms with van der Waals surface area (Å²) < 4.78 is 4.71. The van der Waals surface area contributed by atoms with Gasteiger partial charge in [0.2, 0.25) is 11.8 Å². The highest BCUT2D eigenvalue weighted by atomic mass is 16.5. The van der Waals surface area contributed by atoms with Crippen LogP contribution in [0.15, 0.2) is 24.3 Å². The lowest BCUT2D eigenvalue weighted by Gasteiger charge is -2.10. The zero-order valence-electron chi connectivity index (χ0n) is 11.1. The minimum Gasteiger partial charge on any atom is -0.375 e. The van der Waals surface area contributed by atoms with Crippen molar-refractivity contribution in [1.82, 2.24) is 0 Å². The molecule has 1 atom stereocenters. The molecule has 19 heavy (non-hydrogen) atoms. The predicted molar refractivity (Wildman–Crippen MR) is 73.8 cm³/mol. The summed E-state index contributed by atoms with van der Waals surface area (Å²) in [6.45, 7) is 1.85. The number of benzene rings is 1. The summed E-state index contributed by atoms with van der Waals surface area (Å²) in [4.78, 5) is 22.8. The largest absolute Gasteiger partial charge is 0.375 e. The first-order valence-electron chi connectivity index (χ1n) is 6.02. The van der Waals surface area contributed by atoms with E-state index >= 15 is 0 Å². The second-order valence-corrected chi connectivity index (χ2v) is 4.06. The molecule has 104 valence electrons. The molecule has 6 nitrogen and oxygen atoms in total. The van der Waals surface area contributed by atoms with Crippen molar-refractivity contribution >= 4 is 23.2 Å². The lowest BCUT2D eigenvalue weighted by Crippen LogP contribution is -2.34. The van der Waals surface area contributed by atoms with Crippen LogP contribution in [0, 0.1) is 0 Å². The first-order valence-corrected chi connectivity index (χ1v) is 6.02. The third-order valence-corrected chi connectivity index (χ3v) is 2.49. The van der Waals surface area contributed by atoms with E-state index in [1.54, 1.807) is 24.3 Å². The van der Waals surface area contributed by atoms with Crippen molar-refractivity contribution in [1.29, 1.82) is 0 Å². The molecule has 0 spiro atoms. The number of hydrogen-bond donors (Lipinski definition) is 3. The second-order valence-electron chi connectivity index (χ2n) is 4.06. The van der Waals surface area contributed by atoms with E-state index in [1.165, 1.54) is 7.11 Å². The summed E-state index contributed by atoms with van der Waals surface area (Å²) in [7, 11) is 1.45. The maximum atomic E-state index is 11.6. The first kappa shape index (κ1) is 15.1. The van der Waals surface area contributed by atoms with Crippen molar-refractivity contribution in [2.24, 2.45) is 5.73 Å². The number of carbonyl (C=O) groups excluding carboxylic acids is 2. The summed E-state index contributed by atoms with van der Waals surface area (Å²) >= 11 is 0. The number of methoxy groups -OCH3 is 1. The Hall–Kier alpha value is -1.92. The Morgan fingerprint density at radius 1 is 1.21 bits per heavy atom. The summed E-state index contributed by atoms with van der Waals surface area (Å²) in [6.07, 6.45) is 0.580. The molecule has 0 aliphatic carbocycles. The highest BCUT2D eigenvalue weighted by Gasteiger charge is 2.10. The number of hydrogen-bond acceptors (Lipinski definition) is 4. The Balaban J connectivity index is 2.56. The lowest BCUT2D eigenvalue weighted by molar-refractivity contribution is -0.119. The molecule has 0 aliphatic rings. The average Bonchev–Trinajstić information content (AvgIpc) is 2.40. The van der Waals surface area contributed by atoms with Crippen LogP contribution >= 0.6 is 0 Å². The van der Waals surface area contributed by atoms with Gasteiger partial charge in [-0.15, -0.1) is 0 Å². The first-order chi connectivity index (χ1) is 9.06. The van der Waals surface area contributed by atoms with Crippen LogP contribution in [-0.4, -0.2) is 31.6 Å². The molecule has 1 aromatic carbocycles. The van der Waals surface area contributed by atoms with Gasteiger partial charge in [-0.3, -0.25) is 9.59 Å². The molecule has 0 heterocycles. The van der Waals surface area contributed by atoms with Crippen LogP contribution in [0.5, 0.6) is 0 Å². The number of carbonyl (C=O) groups is 2. The molecule has 0 aliphatic heterocycles. The van der Waals surface area contributed by atoms with Crippen molar-refractivity contribution in [2.45, 2.75) is 19.4 Å². The van der Waals surface area contributed by atoms with E-state index in [0.29, 0.717) is 17.8 Å². The summed E-state index contributed by atoms with van der Waals surface area (Å²) in [5.74, 6) is -0.453. The highest BCUT2D eigenvalue weighted by Crippen LogP contribution is 2.13. The molecule has 6 heteroatoms. The van der Waals surface area contributed by atoms with E-state index in [0.717, 1.165) is 0 Å². The minimum atomic E-state index is -0.513. The number of rotatable bonds is 6. The van der Waals surface area contributed by atoms with Crippen molar-refractivity contribution < 1.29 is 14.3 Å². The fourth-order valence-corrected chi connectivity index (χ4v) is 1.39. The molecule has 1 rings (SSSR count). The highest BCUT2D eigenvalue weighted by molar-refractivity contribution is 5.95. The van der Waals surface area contributed by atoms with Crippen LogP contribution in [0.4, 0.5) is 11.4 Å². The predicted octanol–water partition coefficient (Wildman–Crippen LogP) is 0.947. The molecule has 4 N–H and O–H groups in total. The molecule has 0 saturated carbocycles. The van der Waals surface area contributed by atoms with Gasteiger partial charge in [-0.05, 0) is 30.7 Å². The van der Waals surface area contributed by atoms with Gasteiger partial charge in [0.1, 0.15) is 6.61 Å². The van der Waals surface area contributed by atoms with Gasteiger partial charge >= 0.3 is 0 Å². The molecule has 0 radical (unpaired) electrons. The second kappa shape index (κ2) is 7.50. The molecule has 0 bridgehead atoms. The average molecular weight is 265 g/mol. The maximum Gasteiger partial charge on any atom is 0.250 e. The number of amides is 2. The molecule has 1 aromatic rings. The van der Waals surface area contributed by atoms with Crippen LogP contribution in [0.2, 0.25) is 0 Å². The lowest BCUT2D eigenvalue weighted by atomic mass is 10.2. The number of nitrogens with two attached hydrogens (primary N) is 1. The fraction of sp³-hybridized carbons (Fsp3) is 0.385. The van der Waals surface area contributed by atoms with Crippen molar-refractivity contribution in [3.8, 4) is 0 Å². The van der Waals surface area contributed by atoms with Crippen LogP contribution in [0.1, 0.15) is 13.3 Å². The zero-order chi connectivity index (χ0) is 14.3. The van der Waals surface area contributed by atoms with Crippen LogP contribution in [0.25, 0.3) is 0 Å². The molecular weight excluding hydrogens is 246 g/mol. The number of ether oxygens (including phenoxy) is 1. The minimum absolute atomic E-state index is 0.00381. The Bertz CT molecular complexity index is 431. The van der Waals surface area contributed by atoms with E-state index in [4.69, 9.17) is 10.5 Å². The summed E-state index contributed by atoms with van der Waals surface area (Å²) in [6, 6.07) is 6.27. The van der Waals surface area contributed by atoms with Crippen molar-refractivity contribution in [3.63, 3.8) is 0 Å². The van der Waals surface area contributed by atoms with Gasteiger partial charge in [0.25, 0.3) is 0 Å². The van der Waals surface area contributed by atoms with Crippen molar-refractivity contribution in [2.75, 3.05) is 24.4 Å². The summed E-state index contributed by atoms with van der Waals surface area (Å²) in [5.41, 5.74) is 6.89. The quantitative estimate of drug-likeness (QED) is 0.713. The van der Waals surface area contributed by atoms with Gasteiger partial charge in [0.15, 0.2) is 0 Å². The van der Waals surface area contributed by atoms with Gasteiger partial charge < -0.3 is 21.1 Å². The van der Waals surface area contributed by atoms with Gasteiger partial charge in [0, 0.05) is 18.5 Å². The smallest absolute Gasteiger partial charge is 0.250 e. The van der Waals surface area contributed by atoms with E-state index < -0.39 is 6.04 Å². The molecular formula is C13H19N3O3. The third kappa shape index (κ3) is 5.07. The Morgan fingerprint density at radius 2 is 1.74 bits per heavy atom. The van der Waals surface area contributed by atoms with E-state index in [9.17, 15) is 9.59 Å². The standard InChI is InChI=1S/C13H19N3O3/c1-3-11(14)13(18)16-10-6-4-9(5-7-10)15-12(17)8-19-2/h4-7,11H,3,8,14H2,1-2H3,(H,15,17)(H,16,18)/t11-/m0/s1. The Morgan fingerprint density at radius 3 is 2.21 bits per heavy atom. The van der Waals surface area contributed by atoms with Gasteiger partial charge in [0.05, 0.1) is 6.04 Å². The van der Waals surface area contributed by atoms with E-state index in [2.05, 4.69) is 10.6 Å². The van der Waals surface area contributed by atoms with Gasteiger partial charge in [-0.25, -0.2) is 0 Å². The zero-order valence-corrected chi connectivity index (χ0v) is 11.1.